The summed E-state index contributed by atoms with van der Waals surface area (Å²) in [6.45, 7) is 4.01. The van der Waals surface area contributed by atoms with E-state index in [1.54, 1.807) is 6.07 Å². The van der Waals surface area contributed by atoms with Crippen molar-refractivity contribution in [1.29, 1.82) is 0 Å². The highest BCUT2D eigenvalue weighted by atomic mass is 35.5. The van der Waals surface area contributed by atoms with Gasteiger partial charge in [-0.3, -0.25) is 0 Å². The largest absolute Gasteiger partial charge is 0.321 e. The zero-order chi connectivity index (χ0) is 10.7. The third-order valence-corrected chi connectivity index (χ3v) is 2.22. The van der Waals surface area contributed by atoms with Crippen molar-refractivity contribution in [3.8, 4) is 0 Å². The maximum absolute atomic E-state index is 5.94. The van der Waals surface area contributed by atoms with Crippen LogP contribution in [0.15, 0.2) is 29.8 Å². The zero-order valence-electron chi connectivity index (χ0n) is 8.22. The van der Waals surface area contributed by atoms with Crippen LogP contribution in [0.5, 0.6) is 0 Å². The van der Waals surface area contributed by atoms with Crippen molar-refractivity contribution in [3.63, 3.8) is 0 Å². The van der Waals surface area contributed by atoms with Gasteiger partial charge in [0.25, 0.3) is 0 Å². The first kappa shape index (κ1) is 11.6. The molecule has 2 N–H and O–H groups in total. The molecule has 1 rings (SSSR count). The lowest BCUT2D eigenvalue weighted by molar-refractivity contribution is 0.899. The van der Waals surface area contributed by atoms with Gasteiger partial charge in [0.05, 0.1) is 0 Å². The molecule has 0 fully saturated rings. The quantitative estimate of drug-likeness (QED) is 0.764. The highest BCUT2D eigenvalue weighted by Crippen LogP contribution is 2.23. The maximum atomic E-state index is 5.94. The van der Waals surface area contributed by atoms with Gasteiger partial charge < -0.3 is 5.73 Å². The van der Waals surface area contributed by atoms with Crippen LogP contribution in [0.4, 0.5) is 0 Å². The molecular weight excluding hydrogens is 217 g/mol. The fourth-order valence-electron chi connectivity index (χ4n) is 1.22. The molecule has 3 heteroatoms. The van der Waals surface area contributed by atoms with E-state index < -0.39 is 0 Å². The molecule has 0 spiro atoms. The van der Waals surface area contributed by atoms with Crippen LogP contribution in [-0.4, -0.2) is 0 Å². The fraction of sp³-hybridized carbons (Fsp3) is 0.273. The molecule has 0 aromatic heterocycles. The monoisotopic (exact) mass is 229 g/mol. The van der Waals surface area contributed by atoms with E-state index in [2.05, 4.69) is 0 Å². The topological polar surface area (TPSA) is 26.0 Å². The van der Waals surface area contributed by atoms with Crippen LogP contribution in [0.2, 0.25) is 10.0 Å². The molecule has 0 amide bonds. The molecule has 0 saturated carbocycles. The summed E-state index contributed by atoms with van der Waals surface area (Å²) in [6.07, 6.45) is 1.97. The number of nitrogens with two attached hydrogens (primary N) is 1. The summed E-state index contributed by atoms with van der Waals surface area (Å²) >= 11 is 11.7. The average Bonchev–Trinajstić information content (AvgIpc) is 2.00. The van der Waals surface area contributed by atoms with Crippen LogP contribution < -0.4 is 5.73 Å². The lowest BCUT2D eigenvalue weighted by Crippen LogP contribution is -2.07. The van der Waals surface area contributed by atoms with Gasteiger partial charge in [0, 0.05) is 16.1 Å². The predicted octanol–water partition coefficient (Wildman–Crippen LogP) is 3.96. The predicted molar refractivity (Wildman–Crippen MR) is 62.8 cm³/mol. The van der Waals surface area contributed by atoms with Gasteiger partial charge in [-0.15, -0.1) is 0 Å². The van der Waals surface area contributed by atoms with Crippen molar-refractivity contribution < 1.29 is 0 Å². The van der Waals surface area contributed by atoms with Gasteiger partial charge in [-0.1, -0.05) is 34.9 Å². The van der Waals surface area contributed by atoms with E-state index in [1.807, 2.05) is 32.1 Å². The number of halogens is 2. The summed E-state index contributed by atoms with van der Waals surface area (Å²) in [5.74, 6) is 0. The Balaban J connectivity index is 3.01. The van der Waals surface area contributed by atoms with Gasteiger partial charge in [0.1, 0.15) is 0 Å². The van der Waals surface area contributed by atoms with Crippen molar-refractivity contribution in [2.45, 2.75) is 19.9 Å². The molecule has 0 aliphatic carbocycles. The molecule has 0 radical (unpaired) electrons. The number of hydrogen-bond donors (Lipinski definition) is 1. The Kier molecular flexibility index (Phi) is 3.99. The summed E-state index contributed by atoms with van der Waals surface area (Å²) in [4.78, 5) is 0. The van der Waals surface area contributed by atoms with Gasteiger partial charge >= 0.3 is 0 Å². The molecule has 0 saturated heterocycles. The Hall–Kier alpha value is -0.500. The fourth-order valence-corrected chi connectivity index (χ4v) is 1.77. The first-order chi connectivity index (χ1) is 6.49. The van der Waals surface area contributed by atoms with Gasteiger partial charge in [-0.25, -0.2) is 0 Å². The lowest BCUT2D eigenvalue weighted by Gasteiger charge is -2.09. The van der Waals surface area contributed by atoms with E-state index in [0.717, 1.165) is 5.56 Å². The molecule has 14 heavy (non-hydrogen) atoms. The minimum absolute atomic E-state index is 0.142. The maximum Gasteiger partial charge on any atom is 0.0484 e. The summed E-state index contributed by atoms with van der Waals surface area (Å²) in [6, 6.07) is 5.22. The minimum atomic E-state index is -0.142. The van der Waals surface area contributed by atoms with Crippen molar-refractivity contribution in [2.75, 3.05) is 0 Å². The second-order valence-electron chi connectivity index (χ2n) is 3.47. The zero-order valence-corrected chi connectivity index (χ0v) is 9.73. The van der Waals surface area contributed by atoms with E-state index in [9.17, 15) is 0 Å². The standard InChI is InChI=1S/C11H13Cl2N/c1-7(2)3-11(14)8-4-9(12)6-10(13)5-8/h3-6,11H,14H2,1-2H3. The first-order valence-electron chi connectivity index (χ1n) is 4.35. The van der Waals surface area contributed by atoms with Crippen LogP contribution in [0, 0.1) is 0 Å². The molecule has 0 bridgehead atoms. The van der Waals surface area contributed by atoms with Crippen molar-refractivity contribution in [2.24, 2.45) is 5.73 Å². The normalized spacial score (nSPS) is 12.4. The van der Waals surface area contributed by atoms with Crippen molar-refractivity contribution >= 4 is 23.2 Å². The molecule has 1 nitrogen and oxygen atoms in total. The number of allylic oxidation sites excluding steroid dienone is 1. The summed E-state index contributed by atoms with van der Waals surface area (Å²) < 4.78 is 0. The summed E-state index contributed by atoms with van der Waals surface area (Å²) in [5, 5.41) is 1.23. The van der Waals surface area contributed by atoms with Crippen LogP contribution in [0.25, 0.3) is 0 Å². The van der Waals surface area contributed by atoms with E-state index in [1.165, 1.54) is 5.57 Å². The Labute approximate surface area is 94.5 Å². The third-order valence-electron chi connectivity index (χ3n) is 1.78. The van der Waals surface area contributed by atoms with E-state index in [4.69, 9.17) is 28.9 Å². The van der Waals surface area contributed by atoms with Crippen LogP contribution in [0.1, 0.15) is 25.5 Å². The number of rotatable bonds is 2. The minimum Gasteiger partial charge on any atom is -0.321 e. The van der Waals surface area contributed by atoms with E-state index in [0.29, 0.717) is 10.0 Å². The molecule has 1 aromatic rings. The van der Waals surface area contributed by atoms with Crippen LogP contribution in [-0.2, 0) is 0 Å². The van der Waals surface area contributed by atoms with Crippen LogP contribution in [0.3, 0.4) is 0 Å². The summed E-state index contributed by atoms with van der Waals surface area (Å²) in [5.41, 5.74) is 8.05. The Morgan fingerprint density at radius 1 is 1.21 bits per heavy atom. The molecule has 1 unspecified atom stereocenters. The van der Waals surface area contributed by atoms with Gasteiger partial charge in [-0.2, -0.15) is 0 Å². The molecule has 1 aromatic carbocycles. The van der Waals surface area contributed by atoms with Gasteiger partial charge in [0.15, 0.2) is 0 Å². The number of hydrogen-bond acceptors (Lipinski definition) is 1. The second-order valence-corrected chi connectivity index (χ2v) is 4.35. The lowest BCUT2D eigenvalue weighted by atomic mass is 10.1. The van der Waals surface area contributed by atoms with Crippen molar-refractivity contribution in [1.82, 2.24) is 0 Å². The molecular formula is C11H13Cl2N. The van der Waals surface area contributed by atoms with Crippen LogP contribution >= 0.6 is 23.2 Å². The van der Waals surface area contributed by atoms with E-state index >= 15 is 0 Å². The number of benzene rings is 1. The Morgan fingerprint density at radius 3 is 2.14 bits per heavy atom. The highest BCUT2D eigenvalue weighted by molar-refractivity contribution is 6.34. The molecule has 1 atom stereocenters. The van der Waals surface area contributed by atoms with Gasteiger partial charge in [0.2, 0.25) is 0 Å². The van der Waals surface area contributed by atoms with Crippen molar-refractivity contribution in [3.05, 3.63) is 45.5 Å². The third kappa shape index (κ3) is 3.33. The van der Waals surface area contributed by atoms with Gasteiger partial charge in [-0.05, 0) is 37.6 Å². The summed E-state index contributed by atoms with van der Waals surface area (Å²) in [7, 11) is 0. The highest BCUT2D eigenvalue weighted by Gasteiger charge is 2.04. The SMILES string of the molecule is CC(C)=CC(N)c1cc(Cl)cc(Cl)c1. The molecule has 0 aliphatic rings. The second kappa shape index (κ2) is 4.83. The molecule has 76 valence electrons. The Bertz CT molecular complexity index is 334. The Morgan fingerprint density at radius 2 is 1.71 bits per heavy atom. The molecule has 0 heterocycles. The average molecular weight is 230 g/mol. The molecule has 0 aliphatic heterocycles. The first-order valence-corrected chi connectivity index (χ1v) is 5.11. The smallest absolute Gasteiger partial charge is 0.0484 e. The van der Waals surface area contributed by atoms with E-state index in [-0.39, 0.29) is 6.04 Å².